The lowest BCUT2D eigenvalue weighted by Gasteiger charge is -2.37. The molecule has 1 saturated heterocycles. The highest BCUT2D eigenvalue weighted by atomic mass is 16.5. The van der Waals surface area contributed by atoms with Crippen molar-refractivity contribution >= 4 is 40.5 Å². The van der Waals surface area contributed by atoms with Crippen molar-refractivity contribution in [2.75, 3.05) is 29.9 Å². The molecular formula is C25H28N8O4. The molecular weight excluding hydrogens is 476 g/mol. The molecule has 0 spiro atoms. The van der Waals surface area contributed by atoms with Gasteiger partial charge in [-0.15, -0.1) is 0 Å². The largest absolute Gasteiger partial charge is 0.465 e. The van der Waals surface area contributed by atoms with Crippen molar-refractivity contribution in [1.29, 1.82) is 0 Å². The third kappa shape index (κ3) is 4.57. The lowest BCUT2D eigenvalue weighted by atomic mass is 9.84. The molecule has 1 fully saturated rings. The second-order valence-electron chi connectivity index (χ2n) is 9.51. The number of nitrogens with zero attached hydrogens (tertiary/aromatic N) is 6. The molecule has 1 aliphatic rings. The number of esters is 1. The molecule has 0 aliphatic carbocycles. The first-order valence-corrected chi connectivity index (χ1v) is 11.9. The van der Waals surface area contributed by atoms with Crippen molar-refractivity contribution < 1.29 is 18.7 Å². The Kier molecular flexibility index (Phi) is 6.02. The van der Waals surface area contributed by atoms with E-state index in [0.29, 0.717) is 48.2 Å². The van der Waals surface area contributed by atoms with Crippen LogP contribution in [0.25, 0.3) is 11.1 Å². The highest BCUT2D eigenvalue weighted by molar-refractivity contribution is 5.96. The van der Waals surface area contributed by atoms with E-state index in [9.17, 15) is 9.59 Å². The van der Waals surface area contributed by atoms with Crippen LogP contribution in [-0.2, 0) is 22.0 Å². The minimum absolute atomic E-state index is 0.0337. The first kappa shape index (κ1) is 24.2. The molecule has 0 saturated carbocycles. The molecule has 0 atom stereocenters. The lowest BCUT2D eigenvalue weighted by molar-refractivity contribution is -0.148. The quantitative estimate of drug-likeness (QED) is 0.342. The van der Waals surface area contributed by atoms with Crippen molar-refractivity contribution in [3.8, 4) is 0 Å². The van der Waals surface area contributed by atoms with Gasteiger partial charge in [-0.05, 0) is 38.5 Å². The Balaban J connectivity index is 1.30. The Morgan fingerprint density at radius 3 is 2.70 bits per heavy atom. The molecule has 0 unspecified atom stereocenters. The SMILES string of the molecule is CCOC(=O)C(C)(C)c1ccc2nc(N3CC(c4cnc(Nc5cnn(C)c5)c(C(N)=O)n4)C3)oc2c1. The number of amides is 1. The molecule has 4 aromatic rings. The highest BCUT2D eigenvalue weighted by Crippen LogP contribution is 2.34. The molecule has 12 heteroatoms. The predicted molar refractivity (Wildman–Crippen MR) is 136 cm³/mol. The van der Waals surface area contributed by atoms with Crippen LogP contribution in [0.5, 0.6) is 0 Å². The van der Waals surface area contributed by atoms with Gasteiger partial charge in [0.05, 0.1) is 35.8 Å². The monoisotopic (exact) mass is 504 g/mol. The Morgan fingerprint density at radius 2 is 2.03 bits per heavy atom. The fourth-order valence-corrected chi connectivity index (χ4v) is 4.17. The number of ether oxygens (including phenoxy) is 1. The first-order valence-electron chi connectivity index (χ1n) is 11.9. The number of fused-ring (bicyclic) bond motifs is 1. The van der Waals surface area contributed by atoms with Crippen molar-refractivity contribution in [3.63, 3.8) is 0 Å². The van der Waals surface area contributed by atoms with Crippen LogP contribution in [0.1, 0.15) is 48.4 Å². The molecule has 1 amide bonds. The average molecular weight is 505 g/mol. The van der Waals surface area contributed by atoms with E-state index in [2.05, 4.69) is 25.4 Å². The number of nitrogens with one attached hydrogen (secondary N) is 1. The zero-order valence-corrected chi connectivity index (χ0v) is 21.1. The van der Waals surface area contributed by atoms with Gasteiger partial charge in [-0.1, -0.05) is 6.07 Å². The maximum Gasteiger partial charge on any atom is 0.315 e. The molecule has 37 heavy (non-hydrogen) atoms. The highest BCUT2D eigenvalue weighted by Gasteiger charge is 2.35. The number of carbonyl (C=O) groups is 2. The summed E-state index contributed by atoms with van der Waals surface area (Å²) in [6.45, 7) is 6.94. The van der Waals surface area contributed by atoms with Gasteiger partial charge >= 0.3 is 5.97 Å². The van der Waals surface area contributed by atoms with Gasteiger partial charge in [0.1, 0.15) is 5.52 Å². The minimum atomic E-state index is -0.812. The molecule has 12 nitrogen and oxygen atoms in total. The number of hydrogen-bond acceptors (Lipinski definition) is 10. The van der Waals surface area contributed by atoms with E-state index in [1.54, 1.807) is 37.2 Å². The zero-order chi connectivity index (χ0) is 26.3. The molecule has 192 valence electrons. The Morgan fingerprint density at radius 1 is 1.24 bits per heavy atom. The molecule has 0 bridgehead atoms. The summed E-state index contributed by atoms with van der Waals surface area (Å²) in [5, 5.41) is 7.12. The number of aryl methyl sites for hydroxylation is 1. The fraction of sp³-hybridized carbons (Fsp3) is 0.360. The number of oxazole rings is 1. The van der Waals surface area contributed by atoms with E-state index in [1.165, 1.54) is 0 Å². The molecule has 1 aliphatic heterocycles. The van der Waals surface area contributed by atoms with E-state index >= 15 is 0 Å². The number of hydrogen-bond donors (Lipinski definition) is 2. The number of anilines is 3. The lowest BCUT2D eigenvalue weighted by Crippen LogP contribution is -2.45. The standard InChI is InChI=1S/C25H28N8O4/c1-5-36-23(35)25(2,3)15-6-7-17-19(8-15)37-24(31-17)33-11-14(12-33)18-10-27-22(20(30-18)21(26)34)29-16-9-28-32(4)13-16/h6-10,13-14H,5,11-12H2,1-4H3,(H2,26,34)(H,27,29). The van der Waals surface area contributed by atoms with Crippen LogP contribution in [0.4, 0.5) is 17.5 Å². The van der Waals surface area contributed by atoms with E-state index in [0.717, 1.165) is 5.56 Å². The number of benzene rings is 1. The van der Waals surface area contributed by atoms with E-state index in [1.807, 2.05) is 36.9 Å². The van der Waals surface area contributed by atoms with Gasteiger partial charge in [0.25, 0.3) is 11.9 Å². The van der Waals surface area contributed by atoms with Gasteiger partial charge in [0.15, 0.2) is 17.1 Å². The Bertz CT molecular complexity index is 1490. The maximum absolute atomic E-state index is 12.4. The summed E-state index contributed by atoms with van der Waals surface area (Å²) >= 11 is 0. The zero-order valence-electron chi connectivity index (χ0n) is 21.1. The second-order valence-corrected chi connectivity index (χ2v) is 9.51. The van der Waals surface area contributed by atoms with Crippen molar-refractivity contribution in [2.45, 2.75) is 32.1 Å². The van der Waals surface area contributed by atoms with Gasteiger partial charge in [-0.2, -0.15) is 10.1 Å². The van der Waals surface area contributed by atoms with Gasteiger partial charge in [0, 0.05) is 32.3 Å². The molecule has 3 aromatic heterocycles. The van der Waals surface area contributed by atoms with Crippen molar-refractivity contribution in [2.24, 2.45) is 12.8 Å². The van der Waals surface area contributed by atoms with Crippen LogP contribution in [0.2, 0.25) is 0 Å². The first-order chi connectivity index (χ1) is 17.7. The minimum Gasteiger partial charge on any atom is -0.465 e. The van der Waals surface area contributed by atoms with Crippen LogP contribution < -0.4 is 16.0 Å². The van der Waals surface area contributed by atoms with Crippen LogP contribution >= 0.6 is 0 Å². The summed E-state index contributed by atoms with van der Waals surface area (Å²) in [6, 6.07) is 6.02. The smallest absolute Gasteiger partial charge is 0.315 e. The summed E-state index contributed by atoms with van der Waals surface area (Å²) in [7, 11) is 1.79. The van der Waals surface area contributed by atoms with E-state index in [4.69, 9.17) is 14.9 Å². The average Bonchev–Trinajstić information content (AvgIpc) is 3.43. The van der Waals surface area contributed by atoms with Crippen LogP contribution in [0, 0.1) is 0 Å². The van der Waals surface area contributed by atoms with Crippen LogP contribution in [0.3, 0.4) is 0 Å². The maximum atomic E-state index is 12.4. The molecule has 0 radical (unpaired) electrons. The van der Waals surface area contributed by atoms with Gasteiger partial charge in [-0.3, -0.25) is 14.3 Å². The molecule has 5 rings (SSSR count). The van der Waals surface area contributed by atoms with Crippen molar-refractivity contribution in [1.82, 2.24) is 24.7 Å². The van der Waals surface area contributed by atoms with Crippen LogP contribution in [-0.4, -0.2) is 56.3 Å². The number of rotatable bonds is 8. The van der Waals surface area contributed by atoms with Gasteiger partial charge in [-0.25, -0.2) is 9.97 Å². The van der Waals surface area contributed by atoms with Gasteiger partial charge in [0.2, 0.25) is 0 Å². The second kappa shape index (κ2) is 9.19. The summed E-state index contributed by atoms with van der Waals surface area (Å²) in [5.41, 5.74) is 8.25. The topological polar surface area (TPSA) is 154 Å². The van der Waals surface area contributed by atoms with Crippen molar-refractivity contribution in [3.05, 3.63) is 53.7 Å². The van der Waals surface area contributed by atoms with E-state index in [-0.39, 0.29) is 23.4 Å². The third-order valence-electron chi connectivity index (χ3n) is 6.45. The Labute approximate surface area is 212 Å². The summed E-state index contributed by atoms with van der Waals surface area (Å²) in [6.07, 6.45) is 5.01. The fourth-order valence-electron chi connectivity index (χ4n) is 4.17. The summed E-state index contributed by atoms with van der Waals surface area (Å²) < 4.78 is 12.9. The number of aromatic nitrogens is 5. The molecule has 1 aromatic carbocycles. The van der Waals surface area contributed by atoms with E-state index < -0.39 is 11.3 Å². The molecule has 3 N–H and O–H groups in total. The number of nitrogens with two attached hydrogens (primary N) is 1. The number of carbonyl (C=O) groups excluding carboxylic acids is 2. The predicted octanol–water partition coefficient (Wildman–Crippen LogP) is 2.64. The Hall–Kier alpha value is -4.48. The van der Waals surface area contributed by atoms with Crippen LogP contribution in [0.15, 0.2) is 41.2 Å². The normalized spacial score (nSPS) is 14.0. The summed E-state index contributed by atoms with van der Waals surface area (Å²) in [4.78, 5) is 39.9. The molecule has 4 heterocycles. The summed E-state index contributed by atoms with van der Waals surface area (Å²) in [5.74, 6) is -0.650. The van der Waals surface area contributed by atoms with Gasteiger partial charge < -0.3 is 25.1 Å². The third-order valence-corrected chi connectivity index (χ3v) is 6.45. The number of primary amides is 1.